The van der Waals surface area contributed by atoms with Gasteiger partial charge in [0.25, 0.3) is 5.91 Å². The zero-order chi connectivity index (χ0) is 23.0. The number of para-hydroxylation sites is 1. The van der Waals surface area contributed by atoms with Gasteiger partial charge in [0.2, 0.25) is 0 Å². The zero-order valence-corrected chi connectivity index (χ0v) is 17.8. The van der Waals surface area contributed by atoms with Gasteiger partial charge in [-0.3, -0.25) is 9.59 Å². The molecule has 1 aromatic heterocycles. The van der Waals surface area contributed by atoms with E-state index < -0.39 is 23.5 Å². The number of aryl methyl sites for hydroxylation is 1. The Hall–Kier alpha value is -3.30. The number of rotatable bonds is 5. The molecule has 4 rings (SSSR count). The highest BCUT2D eigenvalue weighted by atomic mass is 32.2. The van der Waals surface area contributed by atoms with Gasteiger partial charge in [0.05, 0.1) is 16.8 Å². The first-order valence-corrected chi connectivity index (χ1v) is 10.2. The van der Waals surface area contributed by atoms with Crippen LogP contribution in [0.4, 0.5) is 13.2 Å². The van der Waals surface area contributed by atoms with Gasteiger partial charge in [-0.05, 0) is 37.3 Å². The Labute approximate surface area is 185 Å². The first-order chi connectivity index (χ1) is 15.2. The van der Waals surface area contributed by atoms with Crippen LogP contribution in [0.1, 0.15) is 26.4 Å². The van der Waals surface area contributed by atoms with Gasteiger partial charge in [-0.1, -0.05) is 30.3 Å². The van der Waals surface area contributed by atoms with Crippen LogP contribution in [0.5, 0.6) is 0 Å². The van der Waals surface area contributed by atoms with E-state index in [1.807, 2.05) is 41.8 Å². The Morgan fingerprint density at radius 1 is 1.09 bits per heavy atom. The van der Waals surface area contributed by atoms with Crippen molar-refractivity contribution in [3.8, 4) is 5.69 Å². The van der Waals surface area contributed by atoms with Crippen molar-refractivity contribution in [1.29, 1.82) is 0 Å². The van der Waals surface area contributed by atoms with E-state index in [-0.39, 0.29) is 11.1 Å². The van der Waals surface area contributed by atoms with Gasteiger partial charge < -0.3 is 4.57 Å². The average molecular weight is 458 g/mol. The molecule has 32 heavy (non-hydrogen) atoms. The number of alkyl halides is 3. The van der Waals surface area contributed by atoms with Crippen molar-refractivity contribution in [3.63, 3.8) is 0 Å². The molecule has 0 N–H and O–H groups in total. The third-order valence-corrected chi connectivity index (χ3v) is 5.56. The molecule has 0 unspecified atom stereocenters. The first-order valence-electron chi connectivity index (χ1n) is 9.50. The van der Waals surface area contributed by atoms with Gasteiger partial charge in [-0.2, -0.15) is 17.5 Å². The number of amides is 1. The summed E-state index contributed by atoms with van der Waals surface area (Å²) in [6.07, 6.45) is 0.620. The second-order valence-corrected chi connectivity index (χ2v) is 7.88. The van der Waals surface area contributed by atoms with Gasteiger partial charge in [0.1, 0.15) is 12.0 Å². The minimum atomic E-state index is -4.67. The molecule has 0 saturated carbocycles. The van der Waals surface area contributed by atoms with Crippen LogP contribution in [0.15, 0.2) is 60.7 Å². The summed E-state index contributed by atoms with van der Waals surface area (Å²) in [7, 11) is 1.09. The van der Waals surface area contributed by atoms with E-state index in [1.54, 1.807) is 24.3 Å². The largest absolute Gasteiger partial charge is 0.470 e. The lowest BCUT2D eigenvalue weighted by atomic mass is 9.97. The summed E-state index contributed by atoms with van der Waals surface area (Å²) in [5.74, 6) is -0.804. The minimum Gasteiger partial charge on any atom is -0.313 e. The number of aromatic nitrogens is 1. The molecule has 4 aromatic rings. The molecule has 0 atom stereocenters. The highest BCUT2D eigenvalue weighted by Crippen LogP contribution is 2.34. The number of hydrogen-bond donors (Lipinski definition) is 0. The van der Waals surface area contributed by atoms with Gasteiger partial charge in [-0.25, -0.2) is 5.06 Å². The number of aldehydes is 1. The van der Waals surface area contributed by atoms with Crippen molar-refractivity contribution in [3.05, 3.63) is 77.5 Å². The fraction of sp³-hybridized carbons (Fsp3) is 0.130. The van der Waals surface area contributed by atoms with E-state index in [0.29, 0.717) is 22.1 Å². The standard InChI is InChI=1S/C23H17F3N2O3S/c1-14-12-15-6-3-4-9-19(15)28(14)20-11-10-16(13-29)21-17(20)7-5-8-18(21)22(30)27(2)31-32-23(24,25)26/h3-13H,1-2H3. The number of benzene rings is 3. The summed E-state index contributed by atoms with van der Waals surface area (Å²) in [4.78, 5) is 24.7. The molecule has 1 amide bonds. The van der Waals surface area contributed by atoms with Crippen molar-refractivity contribution in [1.82, 2.24) is 9.63 Å². The van der Waals surface area contributed by atoms with Gasteiger partial charge >= 0.3 is 5.51 Å². The van der Waals surface area contributed by atoms with E-state index in [2.05, 4.69) is 4.28 Å². The maximum atomic E-state index is 12.9. The molecule has 0 radical (unpaired) electrons. The fourth-order valence-corrected chi connectivity index (χ4v) is 4.07. The van der Waals surface area contributed by atoms with Crippen LogP contribution in [-0.2, 0) is 4.28 Å². The molecule has 164 valence electrons. The number of fused-ring (bicyclic) bond motifs is 2. The molecule has 3 aromatic carbocycles. The third kappa shape index (κ3) is 3.96. The smallest absolute Gasteiger partial charge is 0.313 e. The molecule has 1 heterocycles. The van der Waals surface area contributed by atoms with Crippen LogP contribution in [0.3, 0.4) is 0 Å². The van der Waals surface area contributed by atoms with E-state index >= 15 is 0 Å². The van der Waals surface area contributed by atoms with Crippen molar-refractivity contribution >= 4 is 45.9 Å². The van der Waals surface area contributed by atoms with E-state index in [4.69, 9.17) is 0 Å². The Morgan fingerprint density at radius 2 is 1.84 bits per heavy atom. The second-order valence-electron chi connectivity index (χ2n) is 7.11. The molecular formula is C23H17F3N2O3S. The monoisotopic (exact) mass is 458 g/mol. The molecular weight excluding hydrogens is 441 g/mol. The van der Waals surface area contributed by atoms with Crippen LogP contribution in [0, 0.1) is 6.92 Å². The summed E-state index contributed by atoms with van der Waals surface area (Å²) >= 11 is -0.784. The molecule has 0 aliphatic rings. The van der Waals surface area contributed by atoms with Crippen molar-refractivity contribution in [2.75, 3.05) is 7.05 Å². The van der Waals surface area contributed by atoms with E-state index in [9.17, 15) is 22.8 Å². The number of hydrogen-bond acceptors (Lipinski definition) is 4. The number of hydroxylamine groups is 2. The van der Waals surface area contributed by atoms with Crippen LogP contribution in [0.25, 0.3) is 27.4 Å². The number of carbonyl (C=O) groups excluding carboxylic acids is 2. The van der Waals surface area contributed by atoms with Crippen LogP contribution < -0.4 is 0 Å². The summed E-state index contributed by atoms with van der Waals surface area (Å²) in [6.45, 7) is 1.95. The third-order valence-electron chi connectivity index (χ3n) is 5.07. The normalized spacial score (nSPS) is 11.8. The van der Waals surface area contributed by atoms with Gasteiger partial charge in [0.15, 0.2) is 6.29 Å². The number of nitrogens with zero attached hydrogens (tertiary/aromatic N) is 2. The number of halogens is 3. The summed E-state index contributed by atoms with van der Waals surface area (Å²) in [5.41, 5.74) is -1.72. The van der Waals surface area contributed by atoms with Crippen LogP contribution in [0.2, 0.25) is 0 Å². The SMILES string of the molecule is Cc1cc2ccccc2n1-c1ccc(C=O)c2c(C(=O)N(C)OSC(F)(F)F)cccc12. The maximum Gasteiger partial charge on any atom is 0.470 e. The van der Waals surface area contributed by atoms with Crippen LogP contribution >= 0.6 is 12.0 Å². The summed E-state index contributed by atoms with van der Waals surface area (Å²) in [6, 6.07) is 18.1. The van der Waals surface area contributed by atoms with Gasteiger partial charge in [-0.15, -0.1) is 0 Å². The fourth-order valence-electron chi connectivity index (χ4n) is 3.80. The van der Waals surface area contributed by atoms with E-state index in [0.717, 1.165) is 29.3 Å². The average Bonchev–Trinajstić information content (AvgIpc) is 3.10. The second kappa shape index (κ2) is 8.33. The van der Waals surface area contributed by atoms with Crippen LogP contribution in [-0.4, -0.2) is 34.4 Å². The Kier molecular flexibility index (Phi) is 5.70. The summed E-state index contributed by atoms with van der Waals surface area (Å²) in [5, 5.41) is 2.49. The lowest BCUT2D eigenvalue weighted by Crippen LogP contribution is -2.26. The highest BCUT2D eigenvalue weighted by Gasteiger charge is 2.32. The number of carbonyl (C=O) groups is 2. The molecule has 0 aliphatic carbocycles. The first kappa shape index (κ1) is 21.9. The molecule has 0 bridgehead atoms. The highest BCUT2D eigenvalue weighted by molar-refractivity contribution is 7.95. The molecule has 5 nitrogen and oxygen atoms in total. The minimum absolute atomic E-state index is 0.0610. The zero-order valence-electron chi connectivity index (χ0n) is 17.0. The predicted octanol–water partition coefficient (Wildman–Crippen LogP) is 6.08. The molecule has 0 spiro atoms. The Balaban J connectivity index is 1.90. The van der Waals surface area contributed by atoms with Gasteiger partial charge in [0, 0.05) is 34.5 Å². The molecule has 0 fully saturated rings. The molecule has 0 saturated heterocycles. The molecule has 9 heteroatoms. The lowest BCUT2D eigenvalue weighted by molar-refractivity contribution is -0.0586. The predicted molar refractivity (Wildman–Crippen MR) is 118 cm³/mol. The maximum absolute atomic E-state index is 12.9. The van der Waals surface area contributed by atoms with Crippen molar-refractivity contribution in [2.45, 2.75) is 12.4 Å². The Morgan fingerprint density at radius 3 is 2.56 bits per heavy atom. The van der Waals surface area contributed by atoms with E-state index in [1.165, 1.54) is 6.07 Å². The molecule has 0 aliphatic heterocycles. The lowest BCUT2D eigenvalue weighted by Gasteiger charge is -2.19. The quantitative estimate of drug-likeness (QED) is 0.207. The van der Waals surface area contributed by atoms with Crippen molar-refractivity contribution in [2.24, 2.45) is 0 Å². The van der Waals surface area contributed by atoms with Crippen molar-refractivity contribution < 1.29 is 27.0 Å². The Bertz CT molecular complexity index is 1350. The topological polar surface area (TPSA) is 51.5 Å². The summed E-state index contributed by atoms with van der Waals surface area (Å²) < 4.78 is 44.0.